The third kappa shape index (κ3) is 3.29. The van der Waals surface area contributed by atoms with E-state index < -0.39 is 0 Å². The molecule has 1 fully saturated rings. The van der Waals surface area contributed by atoms with Gasteiger partial charge in [0.25, 0.3) is 0 Å². The number of nitrogens with one attached hydrogen (secondary N) is 2. The van der Waals surface area contributed by atoms with Gasteiger partial charge in [-0.1, -0.05) is 12.1 Å². The van der Waals surface area contributed by atoms with Crippen molar-refractivity contribution in [3.05, 3.63) is 35.6 Å². The first-order valence-electron chi connectivity index (χ1n) is 5.50. The van der Waals surface area contributed by atoms with E-state index in [-0.39, 0.29) is 5.82 Å². The molecule has 1 aromatic carbocycles. The maximum atomic E-state index is 12.9. The van der Waals surface area contributed by atoms with Crippen molar-refractivity contribution in [2.45, 2.75) is 13.0 Å². The van der Waals surface area contributed by atoms with E-state index in [0.717, 1.165) is 37.7 Å². The van der Waals surface area contributed by atoms with Crippen molar-refractivity contribution in [3.63, 3.8) is 0 Å². The molecule has 1 unspecified atom stereocenters. The summed E-state index contributed by atoms with van der Waals surface area (Å²) in [5, 5.41) is 6.69. The molecule has 0 radical (unpaired) electrons. The van der Waals surface area contributed by atoms with Crippen LogP contribution in [0.15, 0.2) is 24.3 Å². The van der Waals surface area contributed by atoms with Crippen molar-refractivity contribution in [1.82, 2.24) is 10.6 Å². The molecule has 2 rings (SSSR count). The van der Waals surface area contributed by atoms with E-state index in [1.807, 2.05) is 6.07 Å². The van der Waals surface area contributed by atoms with Gasteiger partial charge in [-0.15, -0.1) is 0 Å². The number of hydrogen-bond acceptors (Lipinski definition) is 2. The van der Waals surface area contributed by atoms with Crippen LogP contribution in [0.25, 0.3) is 0 Å². The van der Waals surface area contributed by atoms with Gasteiger partial charge < -0.3 is 10.6 Å². The molecule has 1 aliphatic heterocycles. The normalized spacial score (nSPS) is 20.7. The molecule has 0 amide bonds. The minimum Gasteiger partial charge on any atom is -0.316 e. The second-order valence-corrected chi connectivity index (χ2v) is 4.12. The third-order valence-corrected chi connectivity index (χ3v) is 2.81. The summed E-state index contributed by atoms with van der Waals surface area (Å²) in [6.45, 7) is 4.01. The molecule has 1 heterocycles. The minimum absolute atomic E-state index is 0.156. The zero-order valence-corrected chi connectivity index (χ0v) is 8.80. The summed E-state index contributed by atoms with van der Waals surface area (Å²) in [4.78, 5) is 0. The Labute approximate surface area is 89.9 Å². The fraction of sp³-hybridized carbons (Fsp3) is 0.500. The maximum Gasteiger partial charge on any atom is 0.123 e. The lowest BCUT2D eigenvalue weighted by Gasteiger charge is -2.09. The van der Waals surface area contributed by atoms with E-state index in [2.05, 4.69) is 10.6 Å². The van der Waals surface area contributed by atoms with Gasteiger partial charge in [0.15, 0.2) is 0 Å². The van der Waals surface area contributed by atoms with Crippen LogP contribution in [-0.2, 0) is 6.54 Å². The SMILES string of the molecule is Fc1cccc(CNCC2CCNC2)c1. The Hall–Kier alpha value is -0.930. The molecule has 2 nitrogen and oxygen atoms in total. The molecular formula is C12H17FN2. The van der Waals surface area contributed by atoms with E-state index in [1.54, 1.807) is 12.1 Å². The zero-order chi connectivity index (χ0) is 10.5. The van der Waals surface area contributed by atoms with Gasteiger partial charge in [-0.3, -0.25) is 0 Å². The van der Waals surface area contributed by atoms with Crippen LogP contribution in [-0.4, -0.2) is 19.6 Å². The molecule has 1 saturated heterocycles. The minimum atomic E-state index is -0.156. The first-order valence-corrected chi connectivity index (χ1v) is 5.50. The summed E-state index contributed by atoms with van der Waals surface area (Å²) < 4.78 is 12.9. The van der Waals surface area contributed by atoms with Gasteiger partial charge >= 0.3 is 0 Å². The fourth-order valence-electron chi connectivity index (χ4n) is 1.96. The second-order valence-electron chi connectivity index (χ2n) is 4.12. The van der Waals surface area contributed by atoms with Gasteiger partial charge in [0.2, 0.25) is 0 Å². The Kier molecular flexibility index (Phi) is 3.69. The molecule has 1 aliphatic rings. The lowest BCUT2D eigenvalue weighted by molar-refractivity contribution is 0.511. The van der Waals surface area contributed by atoms with Gasteiger partial charge in [0.1, 0.15) is 5.82 Å². The third-order valence-electron chi connectivity index (χ3n) is 2.81. The maximum absolute atomic E-state index is 12.9. The van der Waals surface area contributed by atoms with Crippen LogP contribution in [0.4, 0.5) is 4.39 Å². The lowest BCUT2D eigenvalue weighted by atomic mass is 10.1. The Balaban J connectivity index is 1.73. The summed E-state index contributed by atoms with van der Waals surface area (Å²) in [6, 6.07) is 6.76. The molecule has 82 valence electrons. The number of rotatable bonds is 4. The van der Waals surface area contributed by atoms with Crippen molar-refractivity contribution in [3.8, 4) is 0 Å². The molecule has 3 heteroatoms. The van der Waals surface area contributed by atoms with Crippen molar-refractivity contribution >= 4 is 0 Å². The Bertz CT molecular complexity index is 308. The predicted octanol–water partition coefficient (Wildman–Crippen LogP) is 1.52. The van der Waals surface area contributed by atoms with Crippen molar-refractivity contribution in [2.24, 2.45) is 5.92 Å². The van der Waals surface area contributed by atoms with Gasteiger partial charge in [0.05, 0.1) is 0 Å². The van der Waals surface area contributed by atoms with Gasteiger partial charge in [-0.2, -0.15) is 0 Å². The topological polar surface area (TPSA) is 24.1 Å². The highest BCUT2D eigenvalue weighted by atomic mass is 19.1. The zero-order valence-electron chi connectivity index (χ0n) is 8.80. The van der Waals surface area contributed by atoms with Gasteiger partial charge in [-0.25, -0.2) is 4.39 Å². The Morgan fingerprint density at radius 1 is 1.47 bits per heavy atom. The van der Waals surface area contributed by atoms with E-state index in [9.17, 15) is 4.39 Å². The molecule has 2 N–H and O–H groups in total. The smallest absolute Gasteiger partial charge is 0.123 e. The first-order chi connectivity index (χ1) is 7.34. The summed E-state index contributed by atoms with van der Waals surface area (Å²) in [6.07, 6.45) is 1.25. The van der Waals surface area contributed by atoms with Gasteiger partial charge in [-0.05, 0) is 49.7 Å². The van der Waals surface area contributed by atoms with Crippen LogP contribution in [0.1, 0.15) is 12.0 Å². The number of benzene rings is 1. The highest BCUT2D eigenvalue weighted by Crippen LogP contribution is 2.07. The average Bonchev–Trinajstić information content (AvgIpc) is 2.71. The molecule has 1 atom stereocenters. The van der Waals surface area contributed by atoms with Crippen LogP contribution in [0.2, 0.25) is 0 Å². The average molecular weight is 208 g/mol. The standard InChI is InChI=1S/C12H17FN2/c13-12-3-1-2-10(6-12)7-15-9-11-4-5-14-8-11/h1-3,6,11,14-15H,4-5,7-9H2. The van der Waals surface area contributed by atoms with Crippen molar-refractivity contribution in [2.75, 3.05) is 19.6 Å². The van der Waals surface area contributed by atoms with Crippen molar-refractivity contribution in [1.29, 1.82) is 0 Å². The lowest BCUT2D eigenvalue weighted by Crippen LogP contribution is -2.24. The molecule has 0 saturated carbocycles. The molecule has 0 bridgehead atoms. The quantitative estimate of drug-likeness (QED) is 0.784. The van der Waals surface area contributed by atoms with Crippen LogP contribution >= 0.6 is 0 Å². The molecule has 1 aromatic rings. The van der Waals surface area contributed by atoms with E-state index in [1.165, 1.54) is 12.5 Å². The number of hydrogen-bond donors (Lipinski definition) is 2. The summed E-state index contributed by atoms with van der Waals surface area (Å²) in [7, 11) is 0. The van der Waals surface area contributed by atoms with E-state index in [0.29, 0.717) is 0 Å². The highest BCUT2D eigenvalue weighted by Gasteiger charge is 2.13. The monoisotopic (exact) mass is 208 g/mol. The fourth-order valence-corrected chi connectivity index (χ4v) is 1.96. The highest BCUT2D eigenvalue weighted by molar-refractivity contribution is 5.15. The van der Waals surface area contributed by atoms with Crippen LogP contribution in [0.3, 0.4) is 0 Å². The molecule has 0 aliphatic carbocycles. The number of halogens is 1. The summed E-state index contributed by atoms with van der Waals surface area (Å²) in [5.74, 6) is 0.579. The van der Waals surface area contributed by atoms with Crippen LogP contribution in [0.5, 0.6) is 0 Å². The summed E-state index contributed by atoms with van der Waals surface area (Å²) >= 11 is 0. The molecule has 0 spiro atoms. The predicted molar refractivity (Wildman–Crippen MR) is 59.1 cm³/mol. The van der Waals surface area contributed by atoms with Crippen LogP contribution in [0, 0.1) is 11.7 Å². The largest absolute Gasteiger partial charge is 0.316 e. The molecular weight excluding hydrogens is 191 g/mol. The van der Waals surface area contributed by atoms with Crippen molar-refractivity contribution < 1.29 is 4.39 Å². The summed E-state index contributed by atoms with van der Waals surface area (Å²) in [5.41, 5.74) is 1.01. The first kappa shape index (κ1) is 10.6. The van der Waals surface area contributed by atoms with E-state index in [4.69, 9.17) is 0 Å². The molecule has 0 aromatic heterocycles. The molecule has 15 heavy (non-hydrogen) atoms. The van der Waals surface area contributed by atoms with Crippen LogP contribution < -0.4 is 10.6 Å². The second kappa shape index (κ2) is 5.24. The Morgan fingerprint density at radius 2 is 2.40 bits per heavy atom. The van der Waals surface area contributed by atoms with Gasteiger partial charge in [0, 0.05) is 6.54 Å². The van der Waals surface area contributed by atoms with E-state index >= 15 is 0 Å². The Morgan fingerprint density at radius 3 is 3.13 bits per heavy atom.